The standard InChI is InChI=1S/C16H20IN3/c1-3-8-18-15(16-11-19-12(2)10-20-16)9-13-4-6-14(17)7-5-13/h4-7,10-11,15,18H,3,8-9H2,1-2H3. The van der Waals surface area contributed by atoms with Crippen LogP contribution < -0.4 is 5.32 Å². The van der Waals surface area contributed by atoms with E-state index in [0.717, 1.165) is 30.8 Å². The molecule has 0 amide bonds. The molecule has 0 spiro atoms. The number of aromatic nitrogens is 2. The van der Waals surface area contributed by atoms with Crippen molar-refractivity contribution < 1.29 is 0 Å². The monoisotopic (exact) mass is 381 g/mol. The Balaban J connectivity index is 2.14. The molecular weight excluding hydrogens is 361 g/mol. The Kier molecular flexibility index (Phi) is 5.91. The normalized spacial score (nSPS) is 12.3. The van der Waals surface area contributed by atoms with Crippen LogP contribution in [0.3, 0.4) is 0 Å². The molecule has 20 heavy (non-hydrogen) atoms. The highest BCUT2D eigenvalue weighted by molar-refractivity contribution is 14.1. The van der Waals surface area contributed by atoms with E-state index in [0.29, 0.717) is 0 Å². The highest BCUT2D eigenvalue weighted by atomic mass is 127. The third kappa shape index (κ3) is 4.52. The van der Waals surface area contributed by atoms with Gasteiger partial charge in [0.15, 0.2) is 0 Å². The second-order valence-corrected chi connectivity index (χ2v) is 6.17. The summed E-state index contributed by atoms with van der Waals surface area (Å²) in [6, 6.07) is 8.89. The molecule has 106 valence electrons. The van der Waals surface area contributed by atoms with Gasteiger partial charge in [0.25, 0.3) is 0 Å². The molecule has 0 bridgehead atoms. The number of nitrogens with one attached hydrogen (secondary N) is 1. The summed E-state index contributed by atoms with van der Waals surface area (Å²) in [6.07, 6.45) is 5.77. The van der Waals surface area contributed by atoms with Gasteiger partial charge in [-0.3, -0.25) is 9.97 Å². The van der Waals surface area contributed by atoms with Gasteiger partial charge in [0.05, 0.1) is 23.6 Å². The van der Waals surface area contributed by atoms with E-state index in [1.807, 2.05) is 19.3 Å². The third-order valence-corrected chi connectivity index (χ3v) is 3.87. The van der Waals surface area contributed by atoms with Gasteiger partial charge >= 0.3 is 0 Å². The van der Waals surface area contributed by atoms with Crippen molar-refractivity contribution >= 4 is 22.6 Å². The average Bonchev–Trinajstić information content (AvgIpc) is 2.46. The van der Waals surface area contributed by atoms with E-state index < -0.39 is 0 Å². The zero-order valence-electron chi connectivity index (χ0n) is 11.9. The molecule has 2 rings (SSSR count). The van der Waals surface area contributed by atoms with Crippen LogP contribution in [0.2, 0.25) is 0 Å². The Labute approximate surface area is 134 Å². The molecule has 0 fully saturated rings. The molecule has 1 aromatic carbocycles. The van der Waals surface area contributed by atoms with Crippen molar-refractivity contribution in [2.45, 2.75) is 32.7 Å². The van der Waals surface area contributed by atoms with Gasteiger partial charge in [-0.05, 0) is 66.6 Å². The number of rotatable bonds is 6. The lowest BCUT2D eigenvalue weighted by Gasteiger charge is -2.18. The fourth-order valence-corrected chi connectivity index (χ4v) is 2.40. The van der Waals surface area contributed by atoms with Crippen molar-refractivity contribution in [2.75, 3.05) is 6.54 Å². The largest absolute Gasteiger partial charge is 0.308 e. The Morgan fingerprint density at radius 3 is 2.50 bits per heavy atom. The van der Waals surface area contributed by atoms with Crippen LogP contribution in [0.25, 0.3) is 0 Å². The second kappa shape index (κ2) is 7.69. The summed E-state index contributed by atoms with van der Waals surface area (Å²) in [5.41, 5.74) is 3.29. The molecule has 0 aliphatic rings. The molecule has 0 aliphatic heterocycles. The lowest BCUT2D eigenvalue weighted by Crippen LogP contribution is -2.25. The molecule has 1 N–H and O–H groups in total. The van der Waals surface area contributed by atoms with E-state index in [9.17, 15) is 0 Å². The molecule has 4 heteroatoms. The van der Waals surface area contributed by atoms with Crippen LogP contribution in [0.4, 0.5) is 0 Å². The van der Waals surface area contributed by atoms with Crippen molar-refractivity contribution in [3.05, 3.63) is 57.2 Å². The quantitative estimate of drug-likeness (QED) is 0.776. The molecule has 0 aliphatic carbocycles. The predicted octanol–water partition coefficient (Wildman–Crippen LogP) is 3.67. The highest BCUT2D eigenvalue weighted by Crippen LogP contribution is 2.17. The van der Waals surface area contributed by atoms with Crippen LogP contribution in [-0.2, 0) is 6.42 Å². The number of hydrogen-bond acceptors (Lipinski definition) is 3. The smallest absolute Gasteiger partial charge is 0.0759 e. The lowest BCUT2D eigenvalue weighted by atomic mass is 10.0. The van der Waals surface area contributed by atoms with E-state index in [2.05, 4.69) is 69.1 Å². The summed E-state index contributed by atoms with van der Waals surface area (Å²) in [7, 11) is 0. The van der Waals surface area contributed by atoms with Crippen LogP contribution in [-0.4, -0.2) is 16.5 Å². The molecule has 0 saturated heterocycles. The molecule has 1 unspecified atom stereocenters. The zero-order valence-corrected chi connectivity index (χ0v) is 14.1. The van der Waals surface area contributed by atoms with E-state index >= 15 is 0 Å². The number of benzene rings is 1. The molecule has 3 nitrogen and oxygen atoms in total. The number of nitrogens with zero attached hydrogens (tertiary/aromatic N) is 2. The van der Waals surface area contributed by atoms with E-state index in [4.69, 9.17) is 0 Å². The fourth-order valence-electron chi connectivity index (χ4n) is 2.04. The van der Waals surface area contributed by atoms with Crippen molar-refractivity contribution in [3.63, 3.8) is 0 Å². The van der Waals surface area contributed by atoms with Crippen LogP contribution in [0, 0.1) is 10.5 Å². The van der Waals surface area contributed by atoms with Gasteiger partial charge in [-0.25, -0.2) is 0 Å². The molecule has 0 radical (unpaired) electrons. The minimum Gasteiger partial charge on any atom is -0.308 e. The maximum Gasteiger partial charge on any atom is 0.0759 e. The summed E-state index contributed by atoms with van der Waals surface area (Å²) in [4.78, 5) is 8.88. The van der Waals surface area contributed by atoms with Gasteiger partial charge in [-0.2, -0.15) is 0 Å². The first-order valence-electron chi connectivity index (χ1n) is 6.95. The Morgan fingerprint density at radius 1 is 1.15 bits per heavy atom. The summed E-state index contributed by atoms with van der Waals surface area (Å²) >= 11 is 2.33. The van der Waals surface area contributed by atoms with Gasteiger partial charge in [-0.15, -0.1) is 0 Å². The van der Waals surface area contributed by atoms with Crippen LogP contribution in [0.1, 0.15) is 36.3 Å². The molecule has 0 saturated carbocycles. The van der Waals surface area contributed by atoms with Crippen molar-refractivity contribution in [1.82, 2.24) is 15.3 Å². The molecule has 1 aromatic heterocycles. The van der Waals surface area contributed by atoms with E-state index in [1.54, 1.807) is 0 Å². The summed E-state index contributed by atoms with van der Waals surface area (Å²) in [5.74, 6) is 0. The van der Waals surface area contributed by atoms with Crippen LogP contribution in [0.5, 0.6) is 0 Å². The Bertz CT molecular complexity index is 522. The van der Waals surface area contributed by atoms with Gasteiger partial charge in [0, 0.05) is 9.77 Å². The van der Waals surface area contributed by atoms with Crippen molar-refractivity contribution in [2.24, 2.45) is 0 Å². The maximum atomic E-state index is 4.52. The predicted molar refractivity (Wildman–Crippen MR) is 90.7 cm³/mol. The van der Waals surface area contributed by atoms with E-state index in [1.165, 1.54) is 9.13 Å². The van der Waals surface area contributed by atoms with Crippen LogP contribution >= 0.6 is 22.6 Å². The topological polar surface area (TPSA) is 37.8 Å². The second-order valence-electron chi connectivity index (χ2n) is 4.92. The van der Waals surface area contributed by atoms with Gasteiger partial charge < -0.3 is 5.32 Å². The zero-order chi connectivity index (χ0) is 14.4. The van der Waals surface area contributed by atoms with Crippen molar-refractivity contribution in [3.8, 4) is 0 Å². The maximum absolute atomic E-state index is 4.52. The molecule has 2 aromatic rings. The first-order chi connectivity index (χ1) is 9.69. The summed E-state index contributed by atoms with van der Waals surface area (Å²) in [5, 5.41) is 3.56. The molecule has 1 atom stereocenters. The van der Waals surface area contributed by atoms with Gasteiger partial charge in [0.2, 0.25) is 0 Å². The SMILES string of the molecule is CCCNC(Cc1ccc(I)cc1)c1cnc(C)cn1. The molecular formula is C16H20IN3. The molecule has 1 heterocycles. The minimum atomic E-state index is 0.225. The minimum absolute atomic E-state index is 0.225. The number of aryl methyl sites for hydroxylation is 1. The van der Waals surface area contributed by atoms with Gasteiger partial charge in [-0.1, -0.05) is 19.1 Å². The fraction of sp³-hybridized carbons (Fsp3) is 0.375. The third-order valence-electron chi connectivity index (χ3n) is 3.15. The number of halogens is 1. The van der Waals surface area contributed by atoms with Gasteiger partial charge in [0.1, 0.15) is 0 Å². The number of hydrogen-bond donors (Lipinski definition) is 1. The first-order valence-corrected chi connectivity index (χ1v) is 8.03. The van der Waals surface area contributed by atoms with E-state index in [-0.39, 0.29) is 6.04 Å². The average molecular weight is 381 g/mol. The summed E-state index contributed by atoms with van der Waals surface area (Å²) < 4.78 is 1.26. The first kappa shape index (κ1) is 15.4. The Morgan fingerprint density at radius 2 is 1.90 bits per heavy atom. The Hall–Kier alpha value is -1.01. The lowest BCUT2D eigenvalue weighted by molar-refractivity contribution is 0.515. The highest BCUT2D eigenvalue weighted by Gasteiger charge is 2.13. The summed E-state index contributed by atoms with van der Waals surface area (Å²) in [6.45, 7) is 5.13. The van der Waals surface area contributed by atoms with Crippen LogP contribution in [0.15, 0.2) is 36.7 Å². The van der Waals surface area contributed by atoms with Crippen molar-refractivity contribution in [1.29, 1.82) is 0 Å².